The van der Waals surface area contributed by atoms with E-state index < -0.39 is 0 Å². The first kappa shape index (κ1) is 16.6. The number of nitrogens with two attached hydrogens (primary N) is 1. The number of anilines is 1. The summed E-state index contributed by atoms with van der Waals surface area (Å²) >= 11 is 0. The molecule has 4 aromatic rings. The van der Waals surface area contributed by atoms with Crippen molar-refractivity contribution >= 4 is 5.69 Å². The molecule has 28 heavy (non-hydrogen) atoms. The summed E-state index contributed by atoms with van der Waals surface area (Å²) < 4.78 is 0. The van der Waals surface area contributed by atoms with Gasteiger partial charge in [-0.05, 0) is 65.4 Å². The molecule has 5 rings (SSSR count). The van der Waals surface area contributed by atoms with E-state index in [-0.39, 0.29) is 5.75 Å². The van der Waals surface area contributed by atoms with Gasteiger partial charge in [-0.15, -0.1) is 0 Å². The van der Waals surface area contributed by atoms with Crippen LogP contribution in [-0.4, -0.2) is 10.1 Å². The second-order valence-electron chi connectivity index (χ2n) is 7.18. The van der Waals surface area contributed by atoms with Crippen molar-refractivity contribution in [3.05, 3.63) is 90.0 Å². The van der Waals surface area contributed by atoms with E-state index in [1.807, 2.05) is 30.3 Å². The van der Waals surface area contributed by atoms with Crippen LogP contribution in [0.1, 0.15) is 11.1 Å². The number of aromatic hydroxyl groups is 1. The van der Waals surface area contributed by atoms with Gasteiger partial charge in [0.15, 0.2) is 0 Å². The maximum absolute atomic E-state index is 10.4. The molecule has 1 aromatic heterocycles. The molecule has 0 unspecified atom stereocenters. The predicted molar refractivity (Wildman–Crippen MR) is 114 cm³/mol. The molecule has 1 aliphatic rings. The van der Waals surface area contributed by atoms with Crippen molar-refractivity contribution in [2.45, 2.75) is 12.8 Å². The Bertz CT molecular complexity index is 1180. The zero-order valence-corrected chi connectivity index (χ0v) is 15.4. The maximum atomic E-state index is 10.4. The Labute approximate surface area is 164 Å². The van der Waals surface area contributed by atoms with Crippen molar-refractivity contribution in [2.24, 2.45) is 0 Å². The average Bonchev–Trinajstić information content (AvgIpc) is 2.73. The second-order valence-corrected chi connectivity index (χ2v) is 7.18. The Hall–Kier alpha value is -3.59. The zero-order chi connectivity index (χ0) is 19.1. The lowest BCUT2D eigenvalue weighted by molar-refractivity contribution is 0.477. The number of fused-ring (bicyclic) bond motifs is 3. The van der Waals surface area contributed by atoms with Crippen LogP contribution in [0.15, 0.2) is 78.9 Å². The molecule has 0 atom stereocenters. The van der Waals surface area contributed by atoms with E-state index in [9.17, 15) is 5.11 Å². The smallest absolute Gasteiger partial charge is 0.124 e. The molecular formula is C25H20N2O. The Balaban J connectivity index is 1.82. The topological polar surface area (TPSA) is 59.1 Å². The number of para-hydroxylation sites is 1. The van der Waals surface area contributed by atoms with Gasteiger partial charge in [-0.2, -0.15) is 0 Å². The van der Waals surface area contributed by atoms with Crippen LogP contribution in [0, 0.1) is 0 Å². The zero-order valence-electron chi connectivity index (χ0n) is 15.4. The van der Waals surface area contributed by atoms with Gasteiger partial charge in [-0.25, -0.2) is 4.98 Å². The van der Waals surface area contributed by atoms with Crippen molar-refractivity contribution < 1.29 is 5.11 Å². The summed E-state index contributed by atoms with van der Waals surface area (Å²) in [5.74, 6) is 0.238. The van der Waals surface area contributed by atoms with Gasteiger partial charge in [-0.1, -0.05) is 48.5 Å². The minimum atomic E-state index is 0.238. The molecule has 3 heteroatoms. The van der Waals surface area contributed by atoms with Crippen molar-refractivity contribution in [3.8, 4) is 39.4 Å². The maximum Gasteiger partial charge on any atom is 0.124 e. The predicted octanol–water partition coefficient (Wildman–Crippen LogP) is 5.47. The number of hydrogen-bond acceptors (Lipinski definition) is 3. The quantitative estimate of drug-likeness (QED) is 0.464. The van der Waals surface area contributed by atoms with E-state index in [4.69, 9.17) is 10.7 Å². The van der Waals surface area contributed by atoms with Gasteiger partial charge in [0.05, 0.1) is 11.4 Å². The van der Waals surface area contributed by atoms with Crippen molar-refractivity contribution in [3.63, 3.8) is 0 Å². The first-order valence-corrected chi connectivity index (χ1v) is 9.47. The molecule has 0 aliphatic heterocycles. The van der Waals surface area contributed by atoms with E-state index in [2.05, 4.69) is 42.5 Å². The standard InChI is InChI=1S/C25H20N2O/c26-18-11-13-19-17(14-18)10-12-20-22(16-6-2-1-3-7-16)15-23(27-25(19)20)21-8-4-5-9-24(21)28/h1-9,11,13-15,28H,10,12,26H2. The minimum absolute atomic E-state index is 0.238. The summed E-state index contributed by atoms with van der Waals surface area (Å²) in [4.78, 5) is 5.00. The third-order valence-corrected chi connectivity index (χ3v) is 5.42. The summed E-state index contributed by atoms with van der Waals surface area (Å²) in [7, 11) is 0. The molecule has 0 saturated carbocycles. The fraction of sp³-hybridized carbons (Fsp3) is 0.0800. The van der Waals surface area contributed by atoms with E-state index in [0.717, 1.165) is 46.6 Å². The number of nitrogens with zero attached hydrogens (tertiary/aromatic N) is 1. The summed E-state index contributed by atoms with van der Waals surface area (Å²) in [5, 5.41) is 10.4. The first-order valence-electron chi connectivity index (χ1n) is 9.47. The molecule has 3 N–H and O–H groups in total. The van der Waals surface area contributed by atoms with Gasteiger partial charge in [-0.3, -0.25) is 0 Å². The van der Waals surface area contributed by atoms with Gasteiger partial charge >= 0.3 is 0 Å². The van der Waals surface area contributed by atoms with Gasteiger partial charge in [0.2, 0.25) is 0 Å². The SMILES string of the molecule is Nc1ccc2c(c1)CCc1c(-c3ccccc3)cc(-c3ccccc3O)nc1-2. The van der Waals surface area contributed by atoms with Crippen LogP contribution in [0.4, 0.5) is 5.69 Å². The van der Waals surface area contributed by atoms with Crippen molar-refractivity contribution in [1.82, 2.24) is 4.98 Å². The Morgan fingerprint density at radius 3 is 2.36 bits per heavy atom. The summed E-state index contributed by atoms with van der Waals surface area (Å²) in [5.41, 5.74) is 15.2. The second kappa shape index (κ2) is 6.54. The number of benzene rings is 3. The van der Waals surface area contributed by atoms with Crippen molar-refractivity contribution in [2.75, 3.05) is 5.73 Å². The number of nitrogen functional groups attached to an aromatic ring is 1. The minimum Gasteiger partial charge on any atom is -0.507 e. The third-order valence-electron chi connectivity index (χ3n) is 5.42. The highest BCUT2D eigenvalue weighted by molar-refractivity contribution is 5.84. The molecular weight excluding hydrogens is 344 g/mol. The van der Waals surface area contributed by atoms with Crippen LogP contribution in [0.5, 0.6) is 5.75 Å². The van der Waals surface area contributed by atoms with E-state index >= 15 is 0 Å². The molecule has 0 bridgehead atoms. The van der Waals surface area contributed by atoms with Crippen LogP contribution in [-0.2, 0) is 12.8 Å². The third kappa shape index (κ3) is 2.72. The molecule has 0 spiro atoms. The van der Waals surface area contributed by atoms with Crippen LogP contribution in [0.25, 0.3) is 33.6 Å². The normalized spacial score (nSPS) is 12.3. The monoisotopic (exact) mass is 364 g/mol. The highest BCUT2D eigenvalue weighted by Crippen LogP contribution is 2.41. The van der Waals surface area contributed by atoms with Crippen LogP contribution in [0.3, 0.4) is 0 Å². The molecule has 0 amide bonds. The number of rotatable bonds is 2. The van der Waals surface area contributed by atoms with Crippen LogP contribution < -0.4 is 5.73 Å². The molecule has 0 radical (unpaired) electrons. The van der Waals surface area contributed by atoms with Gasteiger partial charge in [0.25, 0.3) is 0 Å². The molecule has 136 valence electrons. The summed E-state index contributed by atoms with van der Waals surface area (Å²) in [6.07, 6.45) is 1.87. The van der Waals surface area contributed by atoms with Crippen LogP contribution in [0.2, 0.25) is 0 Å². The Morgan fingerprint density at radius 2 is 1.54 bits per heavy atom. The molecule has 3 nitrogen and oxygen atoms in total. The van der Waals surface area contributed by atoms with E-state index in [0.29, 0.717) is 0 Å². The van der Waals surface area contributed by atoms with E-state index in [1.165, 1.54) is 16.7 Å². The number of aromatic nitrogens is 1. The largest absolute Gasteiger partial charge is 0.507 e. The number of aryl methyl sites for hydroxylation is 1. The highest BCUT2D eigenvalue weighted by atomic mass is 16.3. The highest BCUT2D eigenvalue weighted by Gasteiger charge is 2.23. The van der Waals surface area contributed by atoms with E-state index in [1.54, 1.807) is 6.07 Å². The average molecular weight is 364 g/mol. The molecule has 0 fully saturated rings. The van der Waals surface area contributed by atoms with Crippen molar-refractivity contribution in [1.29, 1.82) is 0 Å². The lowest BCUT2D eigenvalue weighted by Gasteiger charge is -2.23. The van der Waals surface area contributed by atoms with Gasteiger partial charge < -0.3 is 10.8 Å². The number of phenols is 1. The fourth-order valence-electron chi connectivity index (χ4n) is 4.06. The lowest BCUT2D eigenvalue weighted by atomic mass is 9.84. The lowest BCUT2D eigenvalue weighted by Crippen LogP contribution is -2.09. The Kier molecular flexibility index (Phi) is 3.87. The molecule has 1 aliphatic carbocycles. The fourth-order valence-corrected chi connectivity index (χ4v) is 4.06. The molecule has 0 saturated heterocycles. The number of phenolic OH excluding ortho intramolecular Hbond substituents is 1. The number of pyridine rings is 1. The summed E-state index contributed by atoms with van der Waals surface area (Å²) in [6, 6.07) is 25.9. The molecule has 1 heterocycles. The van der Waals surface area contributed by atoms with Crippen LogP contribution >= 0.6 is 0 Å². The van der Waals surface area contributed by atoms with Gasteiger partial charge in [0.1, 0.15) is 5.75 Å². The molecule has 3 aromatic carbocycles. The number of hydrogen-bond donors (Lipinski definition) is 2. The van der Waals surface area contributed by atoms with Gasteiger partial charge in [0, 0.05) is 16.8 Å². The Morgan fingerprint density at radius 1 is 0.750 bits per heavy atom. The first-order chi connectivity index (χ1) is 13.7. The summed E-state index contributed by atoms with van der Waals surface area (Å²) in [6.45, 7) is 0.